The summed E-state index contributed by atoms with van der Waals surface area (Å²) in [5.74, 6) is -1.29. The largest absolute Gasteiger partial charge is 0.495 e. The van der Waals surface area contributed by atoms with Gasteiger partial charge in [-0.1, -0.05) is 30.3 Å². The minimum absolute atomic E-state index is 0.0128. The van der Waals surface area contributed by atoms with Crippen molar-refractivity contribution in [2.75, 3.05) is 25.1 Å². The first kappa shape index (κ1) is 17.5. The number of ketones is 1. The summed E-state index contributed by atoms with van der Waals surface area (Å²) in [5.41, 5.74) is 1.42. The lowest BCUT2D eigenvalue weighted by Crippen LogP contribution is -2.23. The molecule has 5 heteroatoms. The predicted molar refractivity (Wildman–Crippen MR) is 93.4 cm³/mol. The van der Waals surface area contributed by atoms with Crippen molar-refractivity contribution in [2.24, 2.45) is 0 Å². The lowest BCUT2D eigenvalue weighted by Gasteiger charge is -2.23. The quantitative estimate of drug-likeness (QED) is 0.789. The SMILES string of the molecule is CCN(CC)c1cc(C(=O)O)c(OC)c(C(=O)c2ccccc2)c1. The van der Waals surface area contributed by atoms with E-state index in [1.807, 2.05) is 24.8 Å². The van der Waals surface area contributed by atoms with Crippen LogP contribution in [0.25, 0.3) is 0 Å². The third-order valence-electron chi connectivity index (χ3n) is 3.92. The van der Waals surface area contributed by atoms with Crippen LogP contribution < -0.4 is 9.64 Å². The maximum Gasteiger partial charge on any atom is 0.339 e. The number of carbonyl (C=O) groups excluding carboxylic acids is 1. The molecule has 0 radical (unpaired) electrons. The van der Waals surface area contributed by atoms with Gasteiger partial charge in [-0.2, -0.15) is 0 Å². The number of nitrogens with zero attached hydrogens (tertiary/aromatic N) is 1. The molecule has 5 nitrogen and oxygen atoms in total. The van der Waals surface area contributed by atoms with Gasteiger partial charge in [0.1, 0.15) is 11.3 Å². The molecule has 0 fully saturated rings. The average molecular weight is 327 g/mol. The van der Waals surface area contributed by atoms with E-state index in [4.69, 9.17) is 4.74 Å². The van der Waals surface area contributed by atoms with Crippen molar-refractivity contribution >= 4 is 17.4 Å². The Kier molecular flexibility index (Phi) is 5.58. The van der Waals surface area contributed by atoms with Crippen molar-refractivity contribution < 1.29 is 19.4 Å². The molecule has 0 bridgehead atoms. The number of benzene rings is 2. The van der Waals surface area contributed by atoms with E-state index in [0.717, 1.165) is 0 Å². The van der Waals surface area contributed by atoms with Gasteiger partial charge in [-0.3, -0.25) is 4.79 Å². The normalized spacial score (nSPS) is 10.3. The van der Waals surface area contributed by atoms with Crippen LogP contribution in [0.15, 0.2) is 42.5 Å². The van der Waals surface area contributed by atoms with Crippen LogP contribution in [0.3, 0.4) is 0 Å². The Hall–Kier alpha value is -2.82. The van der Waals surface area contributed by atoms with Gasteiger partial charge in [-0.25, -0.2) is 4.79 Å². The fourth-order valence-corrected chi connectivity index (χ4v) is 2.68. The first-order valence-electron chi connectivity index (χ1n) is 7.83. The molecule has 0 heterocycles. The van der Waals surface area contributed by atoms with E-state index >= 15 is 0 Å². The molecule has 0 spiro atoms. The van der Waals surface area contributed by atoms with Gasteiger partial charge in [-0.05, 0) is 26.0 Å². The Balaban J connectivity index is 2.67. The van der Waals surface area contributed by atoms with Gasteiger partial charge in [0.15, 0.2) is 5.78 Å². The molecule has 0 saturated carbocycles. The summed E-state index contributed by atoms with van der Waals surface area (Å²) in [6.45, 7) is 5.38. The predicted octanol–water partition coefficient (Wildman–Crippen LogP) is 3.47. The topological polar surface area (TPSA) is 66.8 Å². The third kappa shape index (κ3) is 3.40. The van der Waals surface area contributed by atoms with Gasteiger partial charge in [-0.15, -0.1) is 0 Å². The average Bonchev–Trinajstić information content (AvgIpc) is 2.62. The number of anilines is 1. The standard InChI is InChI=1S/C19H21NO4/c1-4-20(5-2)14-11-15(17(21)13-9-7-6-8-10-13)18(24-3)16(12-14)19(22)23/h6-12H,4-5H2,1-3H3,(H,22,23). The van der Waals surface area contributed by atoms with Crippen molar-refractivity contribution in [1.29, 1.82) is 0 Å². The van der Waals surface area contributed by atoms with Crippen LogP contribution in [0.1, 0.15) is 40.1 Å². The van der Waals surface area contributed by atoms with Crippen LogP contribution >= 0.6 is 0 Å². The van der Waals surface area contributed by atoms with Crippen molar-refractivity contribution in [3.63, 3.8) is 0 Å². The highest BCUT2D eigenvalue weighted by Crippen LogP contribution is 2.32. The summed E-state index contributed by atoms with van der Waals surface area (Å²) in [6, 6.07) is 12.0. The maximum atomic E-state index is 12.9. The second-order valence-electron chi connectivity index (χ2n) is 5.25. The van der Waals surface area contributed by atoms with Crippen molar-refractivity contribution in [3.05, 3.63) is 59.2 Å². The first-order chi connectivity index (χ1) is 11.5. The highest BCUT2D eigenvalue weighted by Gasteiger charge is 2.23. The number of ether oxygens (including phenoxy) is 1. The number of hydrogen-bond acceptors (Lipinski definition) is 4. The molecule has 126 valence electrons. The zero-order valence-electron chi connectivity index (χ0n) is 14.1. The molecule has 0 amide bonds. The number of hydrogen-bond donors (Lipinski definition) is 1. The molecule has 2 aromatic carbocycles. The fraction of sp³-hybridized carbons (Fsp3) is 0.263. The zero-order chi connectivity index (χ0) is 17.7. The molecule has 0 unspecified atom stereocenters. The Labute approximate surface area is 141 Å². The minimum atomic E-state index is -1.12. The van der Waals surface area contributed by atoms with E-state index in [1.165, 1.54) is 7.11 Å². The van der Waals surface area contributed by atoms with Crippen molar-refractivity contribution in [2.45, 2.75) is 13.8 Å². The molecule has 0 atom stereocenters. The molecule has 0 saturated heterocycles. The number of carboxylic acids is 1. The van der Waals surface area contributed by atoms with Gasteiger partial charge in [0.25, 0.3) is 0 Å². The number of methoxy groups -OCH3 is 1. The maximum absolute atomic E-state index is 12.9. The van der Waals surface area contributed by atoms with E-state index in [9.17, 15) is 14.7 Å². The molecule has 0 aromatic heterocycles. The highest BCUT2D eigenvalue weighted by atomic mass is 16.5. The van der Waals surface area contributed by atoms with Gasteiger partial charge < -0.3 is 14.7 Å². The molecule has 2 aromatic rings. The van der Waals surface area contributed by atoms with Crippen molar-refractivity contribution in [3.8, 4) is 5.75 Å². The minimum Gasteiger partial charge on any atom is -0.495 e. The molecular weight excluding hydrogens is 306 g/mol. The Morgan fingerprint density at radius 2 is 1.62 bits per heavy atom. The van der Waals surface area contributed by atoms with Crippen LogP contribution in [-0.4, -0.2) is 37.1 Å². The number of aromatic carboxylic acids is 1. The number of rotatable bonds is 7. The van der Waals surface area contributed by atoms with Gasteiger partial charge in [0.2, 0.25) is 0 Å². The van der Waals surface area contributed by atoms with Gasteiger partial charge in [0, 0.05) is 24.3 Å². The van der Waals surface area contributed by atoms with Crippen LogP contribution in [0.5, 0.6) is 5.75 Å². The van der Waals surface area contributed by atoms with E-state index in [-0.39, 0.29) is 22.7 Å². The lowest BCUT2D eigenvalue weighted by molar-refractivity contribution is 0.0693. The molecule has 0 aliphatic rings. The van der Waals surface area contributed by atoms with E-state index in [0.29, 0.717) is 24.3 Å². The van der Waals surface area contributed by atoms with Crippen LogP contribution in [-0.2, 0) is 0 Å². The van der Waals surface area contributed by atoms with Gasteiger partial charge >= 0.3 is 5.97 Å². The third-order valence-corrected chi connectivity index (χ3v) is 3.92. The highest BCUT2D eigenvalue weighted by molar-refractivity contribution is 6.13. The number of carbonyl (C=O) groups is 2. The Bertz CT molecular complexity index is 737. The molecule has 1 N–H and O–H groups in total. The summed E-state index contributed by atoms with van der Waals surface area (Å²) in [6.07, 6.45) is 0. The van der Waals surface area contributed by atoms with Crippen LogP contribution in [0.2, 0.25) is 0 Å². The fourth-order valence-electron chi connectivity index (χ4n) is 2.68. The monoisotopic (exact) mass is 327 g/mol. The second kappa shape index (κ2) is 7.64. The van der Waals surface area contributed by atoms with Crippen molar-refractivity contribution in [1.82, 2.24) is 0 Å². The molecular formula is C19H21NO4. The van der Waals surface area contributed by atoms with Gasteiger partial charge in [0.05, 0.1) is 12.7 Å². The smallest absolute Gasteiger partial charge is 0.339 e. The van der Waals surface area contributed by atoms with Crippen LogP contribution in [0, 0.1) is 0 Å². The Morgan fingerprint density at radius 3 is 2.12 bits per heavy atom. The van der Waals surface area contributed by atoms with Crippen LogP contribution in [0.4, 0.5) is 5.69 Å². The summed E-state index contributed by atoms with van der Waals surface area (Å²) in [4.78, 5) is 26.5. The molecule has 24 heavy (non-hydrogen) atoms. The summed E-state index contributed by atoms with van der Waals surface area (Å²) in [7, 11) is 1.38. The van der Waals surface area contributed by atoms with E-state index in [2.05, 4.69) is 0 Å². The zero-order valence-corrected chi connectivity index (χ0v) is 14.1. The first-order valence-corrected chi connectivity index (χ1v) is 7.83. The molecule has 0 aliphatic heterocycles. The van der Waals surface area contributed by atoms with E-state index < -0.39 is 5.97 Å². The molecule has 2 rings (SSSR count). The summed E-state index contributed by atoms with van der Waals surface area (Å²) < 4.78 is 5.26. The summed E-state index contributed by atoms with van der Waals surface area (Å²) >= 11 is 0. The second-order valence-corrected chi connectivity index (χ2v) is 5.25. The summed E-state index contributed by atoms with van der Waals surface area (Å²) in [5, 5.41) is 9.52. The lowest BCUT2D eigenvalue weighted by atomic mass is 9.98. The Morgan fingerprint density at radius 1 is 1.04 bits per heavy atom. The van der Waals surface area contributed by atoms with E-state index in [1.54, 1.807) is 36.4 Å². The number of carboxylic acid groups (broad SMARTS) is 1. The molecule has 0 aliphatic carbocycles.